The first-order valence-corrected chi connectivity index (χ1v) is 6.23. The molecule has 3 rings (SSSR count). The first-order valence-electron chi connectivity index (χ1n) is 6.23. The van der Waals surface area contributed by atoms with Crippen LogP contribution in [0.3, 0.4) is 0 Å². The van der Waals surface area contributed by atoms with Gasteiger partial charge >= 0.3 is 0 Å². The van der Waals surface area contributed by atoms with E-state index >= 15 is 0 Å². The van der Waals surface area contributed by atoms with Crippen LogP contribution in [0.4, 0.5) is 5.69 Å². The molecule has 0 bridgehead atoms. The van der Waals surface area contributed by atoms with Gasteiger partial charge in [0.1, 0.15) is 11.5 Å². The van der Waals surface area contributed by atoms with Crippen molar-refractivity contribution in [1.82, 2.24) is 0 Å². The Labute approximate surface area is 115 Å². The minimum Gasteiger partial charge on any atom is -0.507 e. The van der Waals surface area contributed by atoms with Crippen molar-refractivity contribution < 1.29 is 14.3 Å². The lowest BCUT2D eigenvalue weighted by Crippen LogP contribution is -2.11. The zero-order chi connectivity index (χ0) is 14.1. The summed E-state index contributed by atoms with van der Waals surface area (Å²) in [5.41, 5.74) is 0.637. The molecule has 1 heterocycles. The summed E-state index contributed by atoms with van der Waals surface area (Å²) in [6, 6.07) is 13.9. The van der Waals surface area contributed by atoms with Crippen molar-refractivity contribution in [3.63, 3.8) is 0 Å². The number of phenolic OH excluding ortho intramolecular Hbond substituents is 1. The van der Waals surface area contributed by atoms with Gasteiger partial charge < -0.3 is 14.8 Å². The maximum atomic E-state index is 12.1. The molecular formula is C16H13NO3. The number of benzene rings is 2. The summed E-state index contributed by atoms with van der Waals surface area (Å²) in [5.74, 6) is 0.826. The molecule has 4 heteroatoms. The van der Waals surface area contributed by atoms with E-state index in [0.717, 1.165) is 5.39 Å². The molecule has 0 saturated heterocycles. The number of amides is 1. The van der Waals surface area contributed by atoms with Crippen LogP contribution in [-0.2, 0) is 0 Å². The number of hydrogen-bond acceptors (Lipinski definition) is 3. The summed E-state index contributed by atoms with van der Waals surface area (Å²) in [6.07, 6.45) is 0. The molecule has 0 saturated carbocycles. The lowest BCUT2D eigenvalue weighted by molar-refractivity contribution is 0.0995. The van der Waals surface area contributed by atoms with Crippen LogP contribution in [-0.4, -0.2) is 11.0 Å². The van der Waals surface area contributed by atoms with Crippen LogP contribution in [0.15, 0.2) is 52.9 Å². The molecule has 2 aromatic carbocycles. The lowest BCUT2D eigenvalue weighted by Gasteiger charge is -2.08. The maximum Gasteiger partial charge on any atom is 0.291 e. The fourth-order valence-corrected chi connectivity index (χ4v) is 2.14. The summed E-state index contributed by atoms with van der Waals surface area (Å²) < 4.78 is 5.29. The van der Waals surface area contributed by atoms with Crippen LogP contribution in [0.2, 0.25) is 0 Å². The van der Waals surface area contributed by atoms with E-state index in [1.807, 2.05) is 6.07 Å². The second kappa shape index (κ2) is 4.74. The average molecular weight is 267 g/mol. The Morgan fingerprint density at radius 1 is 1.05 bits per heavy atom. The van der Waals surface area contributed by atoms with E-state index in [1.54, 1.807) is 49.4 Å². The van der Waals surface area contributed by atoms with Crippen molar-refractivity contribution in [3.8, 4) is 5.75 Å². The minimum atomic E-state index is -0.311. The molecule has 0 aliphatic carbocycles. The van der Waals surface area contributed by atoms with E-state index in [-0.39, 0.29) is 17.4 Å². The fourth-order valence-electron chi connectivity index (χ4n) is 2.14. The van der Waals surface area contributed by atoms with Gasteiger partial charge in [-0.15, -0.1) is 0 Å². The molecule has 3 aromatic rings. The summed E-state index contributed by atoms with van der Waals surface area (Å²) >= 11 is 0. The lowest BCUT2D eigenvalue weighted by atomic mass is 10.1. The number of aromatic hydroxyl groups is 1. The van der Waals surface area contributed by atoms with Gasteiger partial charge in [0, 0.05) is 16.5 Å². The standard InChI is InChI=1S/C16H13NO3/c1-10-8-9-15(20-10)16(19)17-13-6-2-5-12-11(13)4-3-7-14(12)18/h2-9,18H,1H3,(H,17,19). The second-order valence-corrected chi connectivity index (χ2v) is 4.54. The summed E-state index contributed by atoms with van der Waals surface area (Å²) in [6.45, 7) is 1.78. The third-order valence-corrected chi connectivity index (χ3v) is 3.11. The van der Waals surface area contributed by atoms with Crippen molar-refractivity contribution in [2.24, 2.45) is 0 Å². The summed E-state index contributed by atoms with van der Waals surface area (Å²) in [4.78, 5) is 12.1. The van der Waals surface area contributed by atoms with Gasteiger partial charge in [0.25, 0.3) is 5.91 Å². The molecule has 0 radical (unpaired) electrons. The highest BCUT2D eigenvalue weighted by Gasteiger charge is 2.12. The van der Waals surface area contributed by atoms with Crippen LogP contribution in [0.25, 0.3) is 10.8 Å². The first kappa shape index (κ1) is 12.3. The second-order valence-electron chi connectivity index (χ2n) is 4.54. The van der Waals surface area contributed by atoms with Gasteiger partial charge in [-0.25, -0.2) is 0 Å². The molecule has 100 valence electrons. The van der Waals surface area contributed by atoms with Crippen LogP contribution in [0.1, 0.15) is 16.3 Å². The van der Waals surface area contributed by atoms with E-state index in [0.29, 0.717) is 16.8 Å². The van der Waals surface area contributed by atoms with Gasteiger partial charge in [0.2, 0.25) is 0 Å². The Balaban J connectivity index is 1.99. The molecule has 0 spiro atoms. The van der Waals surface area contributed by atoms with Crippen LogP contribution >= 0.6 is 0 Å². The highest BCUT2D eigenvalue weighted by atomic mass is 16.3. The van der Waals surface area contributed by atoms with Crippen LogP contribution in [0.5, 0.6) is 5.75 Å². The van der Waals surface area contributed by atoms with E-state index < -0.39 is 0 Å². The number of carbonyl (C=O) groups excluding carboxylic acids is 1. The molecular weight excluding hydrogens is 254 g/mol. The summed E-state index contributed by atoms with van der Waals surface area (Å²) in [7, 11) is 0. The maximum absolute atomic E-state index is 12.1. The number of aryl methyl sites for hydroxylation is 1. The third-order valence-electron chi connectivity index (χ3n) is 3.11. The van der Waals surface area contributed by atoms with Gasteiger partial charge in [-0.1, -0.05) is 24.3 Å². The average Bonchev–Trinajstić information content (AvgIpc) is 2.87. The Kier molecular flexibility index (Phi) is 2.91. The fraction of sp³-hybridized carbons (Fsp3) is 0.0625. The Bertz CT molecular complexity index is 789. The SMILES string of the molecule is Cc1ccc(C(=O)Nc2cccc3c(O)cccc23)o1. The van der Waals surface area contributed by atoms with Crippen molar-refractivity contribution in [3.05, 3.63) is 60.1 Å². The zero-order valence-electron chi connectivity index (χ0n) is 10.9. The van der Waals surface area contributed by atoms with E-state index in [2.05, 4.69) is 5.32 Å². The molecule has 0 aliphatic heterocycles. The molecule has 4 nitrogen and oxygen atoms in total. The van der Waals surface area contributed by atoms with Crippen molar-refractivity contribution in [2.75, 3.05) is 5.32 Å². The van der Waals surface area contributed by atoms with Gasteiger partial charge in [-0.3, -0.25) is 4.79 Å². The number of hydrogen-bond donors (Lipinski definition) is 2. The van der Waals surface area contributed by atoms with Crippen molar-refractivity contribution in [2.45, 2.75) is 6.92 Å². The number of nitrogens with one attached hydrogen (secondary N) is 1. The van der Waals surface area contributed by atoms with Crippen molar-refractivity contribution >= 4 is 22.4 Å². The molecule has 0 fully saturated rings. The highest BCUT2D eigenvalue weighted by molar-refractivity contribution is 6.08. The number of furan rings is 1. The first-order chi connectivity index (χ1) is 9.65. The number of fused-ring (bicyclic) bond motifs is 1. The van der Waals surface area contributed by atoms with Crippen molar-refractivity contribution in [1.29, 1.82) is 0 Å². The smallest absolute Gasteiger partial charge is 0.291 e. The molecule has 0 atom stereocenters. The molecule has 1 aromatic heterocycles. The molecule has 2 N–H and O–H groups in total. The van der Waals surface area contributed by atoms with Crippen LogP contribution < -0.4 is 5.32 Å². The molecule has 0 unspecified atom stereocenters. The van der Waals surface area contributed by atoms with Gasteiger partial charge in [0.05, 0.1) is 0 Å². The van der Waals surface area contributed by atoms with E-state index in [9.17, 15) is 9.90 Å². The summed E-state index contributed by atoms with van der Waals surface area (Å²) in [5, 5.41) is 14.1. The van der Waals surface area contributed by atoms with Gasteiger partial charge in [-0.2, -0.15) is 0 Å². The number of rotatable bonds is 2. The highest BCUT2D eigenvalue weighted by Crippen LogP contribution is 2.30. The normalized spacial score (nSPS) is 10.7. The third kappa shape index (κ3) is 2.12. The Morgan fingerprint density at radius 2 is 1.80 bits per heavy atom. The van der Waals surface area contributed by atoms with E-state index in [1.165, 1.54) is 0 Å². The predicted molar refractivity (Wildman–Crippen MR) is 77.0 cm³/mol. The van der Waals surface area contributed by atoms with Gasteiger partial charge in [-0.05, 0) is 31.2 Å². The largest absolute Gasteiger partial charge is 0.507 e. The number of anilines is 1. The quantitative estimate of drug-likeness (QED) is 0.744. The monoisotopic (exact) mass is 267 g/mol. The molecule has 1 amide bonds. The topological polar surface area (TPSA) is 62.5 Å². The Hall–Kier alpha value is -2.75. The number of carbonyl (C=O) groups is 1. The van der Waals surface area contributed by atoms with Gasteiger partial charge in [0.15, 0.2) is 5.76 Å². The predicted octanol–water partition coefficient (Wildman–Crippen LogP) is 3.70. The van der Waals surface area contributed by atoms with E-state index in [4.69, 9.17) is 4.42 Å². The van der Waals surface area contributed by atoms with Crippen LogP contribution in [0, 0.1) is 6.92 Å². The molecule has 20 heavy (non-hydrogen) atoms. The molecule has 0 aliphatic rings. The number of phenols is 1. The zero-order valence-corrected chi connectivity index (χ0v) is 10.9. The minimum absolute atomic E-state index is 0.187. The Morgan fingerprint density at radius 3 is 2.55 bits per heavy atom.